The van der Waals surface area contributed by atoms with Crippen molar-refractivity contribution in [3.05, 3.63) is 28.3 Å². The summed E-state index contributed by atoms with van der Waals surface area (Å²) in [6, 6.07) is 1.90. The predicted molar refractivity (Wildman–Crippen MR) is 71.3 cm³/mol. The first kappa shape index (κ1) is 14.5. The van der Waals surface area contributed by atoms with Crippen LogP contribution < -0.4 is 10.5 Å². The van der Waals surface area contributed by atoms with Gasteiger partial charge in [-0.1, -0.05) is 6.07 Å². The summed E-state index contributed by atoms with van der Waals surface area (Å²) in [5, 5.41) is 9.30. The van der Waals surface area contributed by atoms with Gasteiger partial charge in [0.2, 0.25) is 0 Å². The predicted octanol–water partition coefficient (Wildman–Crippen LogP) is 2.14. The first-order chi connectivity index (χ1) is 8.43. The van der Waals surface area contributed by atoms with Crippen molar-refractivity contribution >= 4 is 5.97 Å². The van der Waals surface area contributed by atoms with E-state index in [4.69, 9.17) is 10.5 Å². The first-order valence-corrected chi connectivity index (χ1v) is 6.01. The number of aryl methyl sites for hydroxylation is 1. The maximum Gasteiger partial charge on any atom is 0.311 e. The molecule has 1 aromatic rings. The maximum absolute atomic E-state index is 11.3. The van der Waals surface area contributed by atoms with E-state index in [9.17, 15) is 9.90 Å². The van der Waals surface area contributed by atoms with Gasteiger partial charge in [-0.05, 0) is 56.0 Å². The van der Waals surface area contributed by atoms with Crippen LogP contribution in [0.4, 0.5) is 0 Å². The molecule has 0 spiro atoms. The van der Waals surface area contributed by atoms with E-state index in [1.165, 1.54) is 0 Å². The molecule has 4 nitrogen and oxygen atoms in total. The summed E-state index contributed by atoms with van der Waals surface area (Å²) in [6.07, 6.45) is 0.446. The Bertz CT molecular complexity index is 455. The van der Waals surface area contributed by atoms with E-state index in [0.29, 0.717) is 13.0 Å². The lowest BCUT2D eigenvalue weighted by Gasteiger charge is -2.20. The third kappa shape index (κ3) is 2.64. The third-order valence-corrected chi connectivity index (χ3v) is 3.40. The highest BCUT2D eigenvalue weighted by Crippen LogP contribution is 2.33. The van der Waals surface area contributed by atoms with Gasteiger partial charge in [-0.3, -0.25) is 4.79 Å². The van der Waals surface area contributed by atoms with E-state index in [0.717, 1.165) is 28.0 Å². The van der Waals surface area contributed by atoms with Crippen molar-refractivity contribution < 1.29 is 14.6 Å². The molecule has 3 N–H and O–H groups in total. The molecular formula is C14H21NO3. The standard InChI is InChI=1S/C14H21NO3/c1-8-7-12(11(5-6-15)14(16)17)9(2)10(3)13(8)18-4/h7,11H,5-6,15H2,1-4H3,(H,16,17). The molecule has 18 heavy (non-hydrogen) atoms. The first-order valence-electron chi connectivity index (χ1n) is 6.01. The molecular weight excluding hydrogens is 230 g/mol. The molecule has 0 bridgehead atoms. The monoisotopic (exact) mass is 251 g/mol. The molecule has 1 atom stereocenters. The van der Waals surface area contributed by atoms with Gasteiger partial charge in [0.25, 0.3) is 0 Å². The number of nitrogens with two attached hydrogens (primary N) is 1. The fourth-order valence-electron chi connectivity index (χ4n) is 2.34. The maximum atomic E-state index is 11.3. The Labute approximate surface area is 108 Å². The summed E-state index contributed by atoms with van der Waals surface area (Å²) in [5.41, 5.74) is 9.26. The van der Waals surface area contributed by atoms with Gasteiger partial charge >= 0.3 is 5.97 Å². The van der Waals surface area contributed by atoms with Crippen LogP contribution in [0.3, 0.4) is 0 Å². The number of carboxylic acid groups (broad SMARTS) is 1. The minimum atomic E-state index is -0.826. The molecule has 0 heterocycles. The Morgan fingerprint density at radius 1 is 1.39 bits per heavy atom. The molecule has 0 amide bonds. The van der Waals surface area contributed by atoms with Crippen molar-refractivity contribution in [2.45, 2.75) is 33.1 Å². The molecule has 0 saturated heterocycles. The molecule has 0 aliphatic heterocycles. The number of methoxy groups -OCH3 is 1. The van der Waals surface area contributed by atoms with Crippen LogP contribution in [0.1, 0.15) is 34.6 Å². The van der Waals surface area contributed by atoms with Crippen LogP contribution in [-0.2, 0) is 4.79 Å². The van der Waals surface area contributed by atoms with Gasteiger partial charge in [0.15, 0.2) is 0 Å². The molecule has 0 aliphatic carbocycles. The molecule has 0 aromatic heterocycles. The van der Waals surface area contributed by atoms with E-state index < -0.39 is 11.9 Å². The topological polar surface area (TPSA) is 72.5 Å². The summed E-state index contributed by atoms with van der Waals surface area (Å²) in [4.78, 5) is 11.3. The van der Waals surface area contributed by atoms with Crippen molar-refractivity contribution in [2.75, 3.05) is 13.7 Å². The number of carbonyl (C=O) groups is 1. The molecule has 0 fully saturated rings. The number of rotatable bonds is 5. The van der Waals surface area contributed by atoms with Crippen LogP contribution >= 0.6 is 0 Å². The summed E-state index contributed by atoms with van der Waals surface area (Å²) < 4.78 is 5.34. The van der Waals surface area contributed by atoms with Crippen molar-refractivity contribution in [3.8, 4) is 5.75 Å². The second kappa shape index (κ2) is 5.87. The quantitative estimate of drug-likeness (QED) is 0.841. The fraction of sp³-hybridized carbons (Fsp3) is 0.500. The average molecular weight is 251 g/mol. The van der Waals surface area contributed by atoms with Gasteiger partial charge in [0.05, 0.1) is 13.0 Å². The molecule has 0 saturated carbocycles. The zero-order valence-electron chi connectivity index (χ0n) is 11.4. The number of carboxylic acids is 1. The normalized spacial score (nSPS) is 12.3. The van der Waals surface area contributed by atoms with Crippen LogP contribution in [0.25, 0.3) is 0 Å². The smallest absolute Gasteiger partial charge is 0.311 e. The van der Waals surface area contributed by atoms with Crippen molar-refractivity contribution in [1.82, 2.24) is 0 Å². The Hall–Kier alpha value is -1.55. The lowest BCUT2D eigenvalue weighted by molar-refractivity contribution is -0.138. The van der Waals surface area contributed by atoms with Gasteiger partial charge in [-0.15, -0.1) is 0 Å². The van der Waals surface area contributed by atoms with Crippen molar-refractivity contribution in [3.63, 3.8) is 0 Å². The van der Waals surface area contributed by atoms with Crippen LogP contribution in [0, 0.1) is 20.8 Å². The van der Waals surface area contributed by atoms with Crippen LogP contribution in [0.5, 0.6) is 5.75 Å². The zero-order valence-corrected chi connectivity index (χ0v) is 11.4. The number of aliphatic carboxylic acids is 1. The minimum absolute atomic E-state index is 0.362. The molecule has 0 aliphatic rings. The number of benzene rings is 1. The largest absolute Gasteiger partial charge is 0.496 e. The van der Waals surface area contributed by atoms with Gasteiger partial charge in [0.1, 0.15) is 5.75 Å². The van der Waals surface area contributed by atoms with Crippen LogP contribution in [-0.4, -0.2) is 24.7 Å². The van der Waals surface area contributed by atoms with Crippen LogP contribution in [0.2, 0.25) is 0 Å². The van der Waals surface area contributed by atoms with E-state index in [2.05, 4.69) is 0 Å². The zero-order chi connectivity index (χ0) is 13.9. The lowest BCUT2D eigenvalue weighted by Crippen LogP contribution is -2.18. The van der Waals surface area contributed by atoms with E-state index in [1.807, 2.05) is 26.8 Å². The molecule has 1 aromatic carbocycles. The highest BCUT2D eigenvalue weighted by atomic mass is 16.5. The van der Waals surface area contributed by atoms with E-state index in [1.54, 1.807) is 7.11 Å². The molecule has 100 valence electrons. The molecule has 1 rings (SSSR count). The van der Waals surface area contributed by atoms with Crippen molar-refractivity contribution in [1.29, 1.82) is 0 Å². The van der Waals surface area contributed by atoms with Gasteiger partial charge < -0.3 is 15.6 Å². The number of ether oxygens (including phenoxy) is 1. The molecule has 0 radical (unpaired) electrons. The fourth-order valence-corrected chi connectivity index (χ4v) is 2.34. The summed E-state index contributed by atoms with van der Waals surface area (Å²) in [7, 11) is 1.63. The number of hydrogen-bond donors (Lipinski definition) is 2. The molecule has 1 unspecified atom stereocenters. The second-order valence-corrected chi connectivity index (χ2v) is 4.53. The third-order valence-electron chi connectivity index (χ3n) is 3.40. The van der Waals surface area contributed by atoms with Crippen molar-refractivity contribution in [2.24, 2.45) is 5.73 Å². The van der Waals surface area contributed by atoms with E-state index >= 15 is 0 Å². The molecule has 4 heteroatoms. The minimum Gasteiger partial charge on any atom is -0.496 e. The number of hydrogen-bond acceptors (Lipinski definition) is 3. The summed E-state index contributed by atoms with van der Waals surface area (Å²) in [6.45, 7) is 6.17. The Morgan fingerprint density at radius 2 is 2.00 bits per heavy atom. The van der Waals surface area contributed by atoms with Gasteiger partial charge in [-0.25, -0.2) is 0 Å². The Morgan fingerprint density at radius 3 is 2.44 bits per heavy atom. The average Bonchev–Trinajstić information content (AvgIpc) is 2.31. The van der Waals surface area contributed by atoms with Gasteiger partial charge in [-0.2, -0.15) is 0 Å². The Kier molecular flexibility index (Phi) is 4.73. The lowest BCUT2D eigenvalue weighted by atomic mass is 9.88. The highest BCUT2D eigenvalue weighted by Gasteiger charge is 2.23. The van der Waals surface area contributed by atoms with Crippen LogP contribution in [0.15, 0.2) is 6.07 Å². The summed E-state index contributed by atoms with van der Waals surface area (Å²) >= 11 is 0. The van der Waals surface area contributed by atoms with E-state index in [-0.39, 0.29) is 0 Å². The Balaban J connectivity index is 3.36. The second-order valence-electron chi connectivity index (χ2n) is 4.53. The SMILES string of the molecule is COc1c(C)cc(C(CCN)C(=O)O)c(C)c1C. The highest BCUT2D eigenvalue weighted by molar-refractivity contribution is 5.77. The summed E-state index contributed by atoms with van der Waals surface area (Å²) in [5.74, 6) is -0.543. The van der Waals surface area contributed by atoms with Gasteiger partial charge in [0, 0.05) is 0 Å².